The third kappa shape index (κ3) is 4.96. The van der Waals surface area contributed by atoms with E-state index in [1.54, 1.807) is 11.3 Å². The van der Waals surface area contributed by atoms with Crippen LogP contribution in [0.5, 0.6) is 0 Å². The lowest BCUT2D eigenvalue weighted by Gasteiger charge is -2.10. The van der Waals surface area contributed by atoms with Crippen LogP contribution in [0.4, 0.5) is 0 Å². The van der Waals surface area contributed by atoms with Crippen molar-refractivity contribution in [2.24, 2.45) is 0 Å². The number of rotatable bonds is 5. The van der Waals surface area contributed by atoms with Crippen molar-refractivity contribution in [1.82, 2.24) is 14.5 Å². The normalized spacial score (nSPS) is 11.7. The molecule has 0 unspecified atom stereocenters. The fourth-order valence-electron chi connectivity index (χ4n) is 8.00. The summed E-state index contributed by atoms with van der Waals surface area (Å²) in [5.41, 5.74) is 12.4. The molecule has 0 radical (unpaired) electrons. The lowest BCUT2D eigenvalue weighted by atomic mass is 9.99. The van der Waals surface area contributed by atoms with Crippen LogP contribution in [0.1, 0.15) is 0 Å². The van der Waals surface area contributed by atoms with E-state index in [1.165, 1.54) is 59.5 Å². The first-order valence-corrected chi connectivity index (χ1v) is 19.1. The molecule has 0 bridgehead atoms. The molecule has 0 aliphatic rings. The minimum atomic E-state index is 0.734. The quantitative estimate of drug-likeness (QED) is 0.178. The fraction of sp³-hybridized carbons (Fsp3) is 0. The summed E-state index contributed by atoms with van der Waals surface area (Å²) in [6.45, 7) is 0. The Labute approximate surface area is 316 Å². The van der Waals surface area contributed by atoms with Gasteiger partial charge in [0.25, 0.3) is 0 Å². The number of benzene rings is 8. The maximum absolute atomic E-state index is 5.30. The van der Waals surface area contributed by atoms with Gasteiger partial charge in [0.05, 0.1) is 26.9 Å². The van der Waals surface area contributed by atoms with Crippen molar-refractivity contribution in [2.45, 2.75) is 0 Å². The molecule has 0 atom stereocenters. The smallest absolute Gasteiger partial charge is 0.160 e. The number of fused-ring (bicyclic) bond motifs is 7. The Morgan fingerprint density at radius 3 is 1.67 bits per heavy atom. The molecule has 0 fully saturated rings. The molecule has 0 saturated heterocycles. The van der Waals surface area contributed by atoms with Crippen LogP contribution in [0, 0.1) is 0 Å². The monoisotopic (exact) mass is 705 g/mol. The Morgan fingerprint density at radius 2 is 0.963 bits per heavy atom. The van der Waals surface area contributed by atoms with E-state index in [0.717, 1.165) is 43.9 Å². The highest BCUT2D eigenvalue weighted by molar-refractivity contribution is 7.26. The summed E-state index contributed by atoms with van der Waals surface area (Å²) in [4.78, 5) is 10.6. The van der Waals surface area contributed by atoms with Crippen molar-refractivity contribution in [3.63, 3.8) is 0 Å². The second kappa shape index (κ2) is 12.4. The van der Waals surface area contributed by atoms with Gasteiger partial charge in [0, 0.05) is 37.7 Å². The van der Waals surface area contributed by atoms with Crippen molar-refractivity contribution >= 4 is 64.2 Å². The Morgan fingerprint density at radius 1 is 0.389 bits per heavy atom. The molecule has 0 saturated carbocycles. The van der Waals surface area contributed by atoms with Crippen molar-refractivity contribution in [3.8, 4) is 50.6 Å². The largest absolute Gasteiger partial charge is 0.309 e. The highest BCUT2D eigenvalue weighted by atomic mass is 32.1. The van der Waals surface area contributed by atoms with Gasteiger partial charge in [-0.15, -0.1) is 11.3 Å². The van der Waals surface area contributed by atoms with Gasteiger partial charge in [-0.3, -0.25) is 0 Å². The molecular formula is C50H31N3S. The van der Waals surface area contributed by atoms with Gasteiger partial charge in [0.15, 0.2) is 5.82 Å². The topological polar surface area (TPSA) is 30.7 Å². The summed E-state index contributed by atoms with van der Waals surface area (Å²) in [7, 11) is 0. The third-order valence-electron chi connectivity index (χ3n) is 10.6. The van der Waals surface area contributed by atoms with Gasteiger partial charge in [-0.2, -0.15) is 0 Å². The first-order chi connectivity index (χ1) is 26.8. The van der Waals surface area contributed by atoms with E-state index in [4.69, 9.17) is 9.97 Å². The number of aromatic nitrogens is 3. The molecule has 0 spiro atoms. The zero-order valence-electron chi connectivity index (χ0n) is 29.1. The fourth-order valence-corrected chi connectivity index (χ4v) is 9.29. The molecule has 3 nitrogen and oxygen atoms in total. The predicted octanol–water partition coefficient (Wildman–Crippen LogP) is 13.8. The van der Waals surface area contributed by atoms with Crippen LogP contribution in [-0.2, 0) is 0 Å². The minimum absolute atomic E-state index is 0.734. The van der Waals surface area contributed by atoms with Gasteiger partial charge in [0.1, 0.15) is 0 Å². The molecule has 4 heteroatoms. The van der Waals surface area contributed by atoms with Crippen LogP contribution in [0.25, 0.3) is 103 Å². The van der Waals surface area contributed by atoms with E-state index in [2.05, 4.69) is 187 Å². The molecule has 0 amide bonds. The lowest BCUT2D eigenvalue weighted by Crippen LogP contribution is -1.93. The summed E-state index contributed by atoms with van der Waals surface area (Å²) in [5.74, 6) is 0.734. The molecular weight excluding hydrogens is 675 g/mol. The number of para-hydroxylation sites is 2. The summed E-state index contributed by atoms with van der Waals surface area (Å²) in [6, 6.07) is 67.3. The molecule has 54 heavy (non-hydrogen) atoms. The van der Waals surface area contributed by atoms with Crippen molar-refractivity contribution in [2.75, 3.05) is 0 Å². The maximum Gasteiger partial charge on any atom is 0.160 e. The highest BCUT2D eigenvalue weighted by Crippen LogP contribution is 2.44. The average molecular weight is 706 g/mol. The Balaban J connectivity index is 1.07. The number of nitrogens with zero attached hydrogens (tertiary/aromatic N) is 3. The number of hydrogen-bond acceptors (Lipinski definition) is 3. The summed E-state index contributed by atoms with van der Waals surface area (Å²) >= 11 is 1.79. The SMILES string of the molecule is c1ccc(-c2ccc3cc(-c4nc(-c5ccccc5)nc5c4sc4c(-c6ccc(-n7c8ccccc8c8ccccc87)cc6)cccc45)ccc3c2)cc1. The van der Waals surface area contributed by atoms with Gasteiger partial charge in [-0.1, -0.05) is 152 Å². The van der Waals surface area contributed by atoms with Gasteiger partial charge in [-0.25, -0.2) is 9.97 Å². The number of thiophene rings is 1. The van der Waals surface area contributed by atoms with Crippen molar-refractivity contribution < 1.29 is 0 Å². The van der Waals surface area contributed by atoms with Crippen molar-refractivity contribution in [1.29, 1.82) is 0 Å². The molecule has 0 N–H and O–H groups in total. The highest BCUT2D eigenvalue weighted by Gasteiger charge is 2.19. The summed E-state index contributed by atoms with van der Waals surface area (Å²) in [6.07, 6.45) is 0. The van der Waals surface area contributed by atoms with Crippen LogP contribution >= 0.6 is 11.3 Å². The first-order valence-electron chi connectivity index (χ1n) is 18.2. The molecule has 252 valence electrons. The van der Waals surface area contributed by atoms with Gasteiger partial charge < -0.3 is 4.57 Å². The van der Waals surface area contributed by atoms with Gasteiger partial charge >= 0.3 is 0 Å². The van der Waals surface area contributed by atoms with E-state index < -0.39 is 0 Å². The molecule has 8 aromatic carbocycles. The Bertz CT molecular complexity index is 3140. The van der Waals surface area contributed by atoms with Crippen LogP contribution in [0.3, 0.4) is 0 Å². The summed E-state index contributed by atoms with van der Waals surface area (Å²) < 4.78 is 4.68. The molecule has 11 aromatic rings. The zero-order valence-corrected chi connectivity index (χ0v) is 30.0. The summed E-state index contributed by atoms with van der Waals surface area (Å²) in [5, 5.41) is 6.07. The Hall–Kier alpha value is -6.88. The van der Waals surface area contributed by atoms with Gasteiger partial charge in [-0.05, 0) is 69.4 Å². The predicted molar refractivity (Wildman–Crippen MR) is 229 cm³/mol. The Kier molecular flexibility index (Phi) is 7.04. The lowest BCUT2D eigenvalue weighted by molar-refractivity contribution is 1.18. The zero-order chi connectivity index (χ0) is 35.6. The van der Waals surface area contributed by atoms with Crippen LogP contribution in [-0.4, -0.2) is 14.5 Å². The minimum Gasteiger partial charge on any atom is -0.309 e. The van der Waals surface area contributed by atoms with E-state index in [-0.39, 0.29) is 0 Å². The molecule has 0 aliphatic carbocycles. The van der Waals surface area contributed by atoms with E-state index in [9.17, 15) is 0 Å². The first kappa shape index (κ1) is 30.7. The standard InChI is InChI=1S/C50H31N3S/c1-3-12-32(13-4-1)35-22-23-37-31-38(25-24-36(37)30-35)46-49-47(52-50(51-46)34-14-5-2-6-15-34)43-19-11-18-40(48(43)54-49)33-26-28-39(29-27-33)53-44-20-9-7-16-41(44)42-17-8-10-21-45(42)53/h1-31H. The van der Waals surface area contributed by atoms with Crippen LogP contribution < -0.4 is 0 Å². The molecule has 3 aromatic heterocycles. The molecule has 3 heterocycles. The van der Waals surface area contributed by atoms with E-state index >= 15 is 0 Å². The second-order valence-corrected chi connectivity index (χ2v) is 14.8. The van der Waals surface area contributed by atoms with Crippen LogP contribution in [0.2, 0.25) is 0 Å². The van der Waals surface area contributed by atoms with Crippen LogP contribution in [0.15, 0.2) is 188 Å². The average Bonchev–Trinajstić information content (AvgIpc) is 3.80. The maximum atomic E-state index is 5.30. The second-order valence-electron chi connectivity index (χ2n) is 13.8. The van der Waals surface area contributed by atoms with E-state index in [1.807, 2.05) is 6.07 Å². The van der Waals surface area contributed by atoms with Gasteiger partial charge in [0.2, 0.25) is 0 Å². The number of hydrogen-bond donors (Lipinski definition) is 0. The van der Waals surface area contributed by atoms with E-state index in [0.29, 0.717) is 0 Å². The molecule has 11 rings (SSSR count). The molecule has 0 aliphatic heterocycles. The van der Waals surface area contributed by atoms with Crippen molar-refractivity contribution in [3.05, 3.63) is 188 Å². The third-order valence-corrected chi connectivity index (χ3v) is 11.8.